The summed E-state index contributed by atoms with van der Waals surface area (Å²) in [4.78, 5) is 5.47. The minimum atomic E-state index is -0.215. The topological polar surface area (TPSA) is 116 Å². The predicted molar refractivity (Wildman–Crippen MR) is 95.3 cm³/mol. The van der Waals surface area contributed by atoms with Crippen LogP contribution in [0.1, 0.15) is 13.8 Å². The van der Waals surface area contributed by atoms with Crippen molar-refractivity contribution >= 4 is 11.4 Å². The van der Waals surface area contributed by atoms with Crippen molar-refractivity contribution in [2.24, 2.45) is 15.6 Å². The van der Waals surface area contributed by atoms with Crippen molar-refractivity contribution in [2.75, 3.05) is 13.2 Å². The number of benzene rings is 2. The third-order valence-electron chi connectivity index (χ3n) is 3.25. The molecule has 0 N–H and O–H groups in total. The fourth-order valence-electron chi connectivity index (χ4n) is 1.92. The first-order valence-electron chi connectivity index (χ1n) is 7.58. The lowest BCUT2D eigenvalue weighted by molar-refractivity contribution is 0.110. The van der Waals surface area contributed by atoms with Gasteiger partial charge in [0.2, 0.25) is 0 Å². The fourth-order valence-corrected chi connectivity index (χ4v) is 1.92. The molecule has 0 aromatic heterocycles. The Morgan fingerprint density at radius 2 is 1.12 bits per heavy atom. The molecule has 0 atom stereocenters. The molecule has 2 rings (SSSR count). The highest BCUT2D eigenvalue weighted by Crippen LogP contribution is 2.24. The summed E-state index contributed by atoms with van der Waals surface area (Å²) in [6, 6.07) is 13.8. The normalized spacial score (nSPS) is 10.3. The average molecular weight is 338 g/mol. The van der Waals surface area contributed by atoms with Crippen LogP contribution in [0, 0.1) is 5.41 Å². The molecule has 128 valence electrons. The number of ether oxygens (including phenoxy) is 2. The quantitative estimate of drug-likeness (QED) is 0.331. The maximum absolute atomic E-state index is 8.39. The van der Waals surface area contributed by atoms with E-state index in [1.807, 2.05) is 13.8 Å². The predicted octanol–water partition coefficient (Wildman–Crippen LogP) is 6.05. The van der Waals surface area contributed by atoms with Crippen LogP contribution in [0.25, 0.3) is 20.9 Å². The number of hydrogen-bond donors (Lipinski definition) is 0. The van der Waals surface area contributed by atoms with Gasteiger partial charge in [-0.3, -0.25) is 0 Å². The highest BCUT2D eigenvalue weighted by atomic mass is 16.5. The monoisotopic (exact) mass is 338 g/mol. The van der Waals surface area contributed by atoms with E-state index in [0.717, 1.165) is 0 Å². The first-order valence-corrected chi connectivity index (χ1v) is 7.58. The molecule has 0 aliphatic rings. The molecule has 0 radical (unpaired) electrons. The van der Waals surface area contributed by atoms with Crippen molar-refractivity contribution in [1.29, 1.82) is 0 Å². The van der Waals surface area contributed by atoms with Gasteiger partial charge in [-0.15, -0.1) is 0 Å². The second kappa shape index (κ2) is 8.49. The molecule has 0 aliphatic carbocycles. The van der Waals surface area contributed by atoms with Crippen molar-refractivity contribution in [1.82, 2.24) is 0 Å². The minimum Gasteiger partial charge on any atom is -0.493 e. The molecule has 0 saturated heterocycles. The van der Waals surface area contributed by atoms with Crippen molar-refractivity contribution in [2.45, 2.75) is 13.8 Å². The molecule has 8 heteroatoms. The van der Waals surface area contributed by atoms with Gasteiger partial charge in [-0.1, -0.05) is 24.1 Å². The summed E-state index contributed by atoms with van der Waals surface area (Å²) >= 11 is 0. The zero-order valence-electron chi connectivity index (χ0n) is 14.0. The van der Waals surface area contributed by atoms with Crippen molar-refractivity contribution in [3.8, 4) is 11.5 Å². The van der Waals surface area contributed by atoms with Gasteiger partial charge in [-0.25, -0.2) is 0 Å². The minimum absolute atomic E-state index is 0.215. The van der Waals surface area contributed by atoms with Crippen molar-refractivity contribution in [3.63, 3.8) is 0 Å². The Labute approximate surface area is 145 Å². The molecular weight excluding hydrogens is 320 g/mol. The van der Waals surface area contributed by atoms with Crippen LogP contribution in [0.4, 0.5) is 11.4 Å². The molecule has 2 aromatic rings. The second-order valence-corrected chi connectivity index (χ2v) is 6.11. The van der Waals surface area contributed by atoms with E-state index in [-0.39, 0.29) is 5.41 Å². The van der Waals surface area contributed by atoms with E-state index in [1.165, 1.54) is 0 Å². The molecule has 0 unspecified atom stereocenters. The molecule has 0 fully saturated rings. The Morgan fingerprint density at radius 3 is 1.44 bits per heavy atom. The van der Waals surface area contributed by atoms with Crippen LogP contribution in [0.5, 0.6) is 11.5 Å². The van der Waals surface area contributed by atoms with E-state index in [4.69, 9.17) is 20.5 Å². The number of hydrogen-bond acceptors (Lipinski definition) is 4. The lowest BCUT2D eigenvalue weighted by Gasteiger charge is -2.25. The Morgan fingerprint density at radius 1 is 0.760 bits per heavy atom. The summed E-state index contributed by atoms with van der Waals surface area (Å²) < 4.78 is 11.5. The van der Waals surface area contributed by atoms with E-state index in [1.54, 1.807) is 48.5 Å². The zero-order valence-corrected chi connectivity index (χ0v) is 14.0. The second-order valence-electron chi connectivity index (χ2n) is 6.11. The van der Waals surface area contributed by atoms with Gasteiger partial charge >= 0.3 is 0 Å². The van der Waals surface area contributed by atoms with Gasteiger partial charge in [-0.05, 0) is 59.6 Å². The van der Waals surface area contributed by atoms with E-state index < -0.39 is 0 Å². The summed E-state index contributed by atoms with van der Waals surface area (Å²) in [6.07, 6.45) is 0. The lowest BCUT2D eigenvalue weighted by Crippen LogP contribution is -2.28. The summed E-state index contributed by atoms with van der Waals surface area (Å²) in [5, 5.41) is 7.03. The highest BCUT2D eigenvalue weighted by Gasteiger charge is 2.20. The first-order chi connectivity index (χ1) is 12.0. The third kappa shape index (κ3) is 5.99. The summed E-state index contributed by atoms with van der Waals surface area (Å²) in [5.41, 5.74) is 17.6. The molecule has 0 bridgehead atoms. The molecule has 2 aromatic carbocycles. The maximum Gasteiger partial charge on any atom is 0.119 e. The van der Waals surface area contributed by atoms with E-state index in [2.05, 4.69) is 20.1 Å². The van der Waals surface area contributed by atoms with Gasteiger partial charge in [0.25, 0.3) is 0 Å². The molecule has 0 aliphatic heterocycles. The Hall–Kier alpha value is -3.34. The SMILES string of the molecule is CC(C)(COc1ccc(N=[N+]=[N-])cc1)COc1ccc(N=[N+]=[N-])cc1. The Bertz CT molecular complexity index is 721. The summed E-state index contributed by atoms with van der Waals surface area (Å²) in [6.45, 7) is 5.00. The van der Waals surface area contributed by atoms with Crippen LogP contribution in [0.15, 0.2) is 58.8 Å². The molecule has 25 heavy (non-hydrogen) atoms. The summed E-state index contributed by atoms with van der Waals surface area (Å²) in [5.74, 6) is 1.40. The van der Waals surface area contributed by atoms with Gasteiger partial charge in [0, 0.05) is 26.6 Å². The third-order valence-corrected chi connectivity index (χ3v) is 3.25. The maximum atomic E-state index is 8.39. The molecular formula is C17H18N6O2. The van der Waals surface area contributed by atoms with Gasteiger partial charge in [0.05, 0.1) is 13.2 Å². The van der Waals surface area contributed by atoms with Crippen LogP contribution >= 0.6 is 0 Å². The van der Waals surface area contributed by atoms with Crippen LogP contribution in [-0.4, -0.2) is 13.2 Å². The van der Waals surface area contributed by atoms with Gasteiger partial charge in [-0.2, -0.15) is 0 Å². The molecule has 0 amide bonds. The Balaban J connectivity index is 1.86. The van der Waals surface area contributed by atoms with Gasteiger partial charge in [0.15, 0.2) is 0 Å². The largest absolute Gasteiger partial charge is 0.493 e. The molecule has 0 saturated carbocycles. The Kier molecular flexibility index (Phi) is 6.12. The zero-order chi connectivity index (χ0) is 18.1. The average Bonchev–Trinajstić information content (AvgIpc) is 2.61. The highest BCUT2D eigenvalue weighted by molar-refractivity contribution is 5.41. The molecule has 0 spiro atoms. The summed E-state index contributed by atoms with van der Waals surface area (Å²) in [7, 11) is 0. The molecule has 0 heterocycles. The van der Waals surface area contributed by atoms with E-state index in [9.17, 15) is 0 Å². The first kappa shape index (κ1) is 18.0. The number of nitrogens with zero attached hydrogens (tertiary/aromatic N) is 6. The lowest BCUT2D eigenvalue weighted by atomic mass is 9.96. The van der Waals surface area contributed by atoms with Crippen LogP contribution < -0.4 is 9.47 Å². The van der Waals surface area contributed by atoms with Crippen LogP contribution in [-0.2, 0) is 0 Å². The number of azide groups is 2. The van der Waals surface area contributed by atoms with Crippen molar-refractivity contribution < 1.29 is 9.47 Å². The number of rotatable bonds is 8. The van der Waals surface area contributed by atoms with E-state index in [0.29, 0.717) is 36.1 Å². The van der Waals surface area contributed by atoms with Crippen LogP contribution in [0.3, 0.4) is 0 Å². The van der Waals surface area contributed by atoms with Crippen molar-refractivity contribution in [3.05, 3.63) is 69.4 Å². The fraction of sp³-hybridized carbons (Fsp3) is 0.294. The smallest absolute Gasteiger partial charge is 0.119 e. The molecule has 8 nitrogen and oxygen atoms in total. The standard InChI is InChI=1S/C17H18N6O2/c1-17(2,11-24-15-7-3-13(4-8-15)20-22-18)12-25-16-9-5-14(6-10-16)21-23-19/h3-10H,11-12H2,1-2H3. The van der Waals surface area contributed by atoms with Gasteiger partial charge in [0.1, 0.15) is 11.5 Å². The van der Waals surface area contributed by atoms with Gasteiger partial charge < -0.3 is 9.47 Å². The van der Waals surface area contributed by atoms with E-state index >= 15 is 0 Å². The van der Waals surface area contributed by atoms with Crippen LogP contribution in [0.2, 0.25) is 0 Å².